The molecule has 158 valence electrons. The van der Waals surface area contributed by atoms with Crippen molar-refractivity contribution >= 4 is 11.7 Å². The molecule has 1 aliphatic carbocycles. The topological polar surface area (TPSA) is 53.6 Å². The Morgan fingerprint density at radius 1 is 1.04 bits per heavy atom. The maximum atomic E-state index is 12.5. The summed E-state index contributed by atoms with van der Waals surface area (Å²) in [7, 11) is 3.92. The smallest absolute Gasteiger partial charge is 0.321 e. The number of rotatable bonds is 11. The van der Waals surface area contributed by atoms with Crippen LogP contribution in [0.5, 0.6) is 0 Å². The summed E-state index contributed by atoms with van der Waals surface area (Å²) in [5.74, 6) is 0. The summed E-state index contributed by atoms with van der Waals surface area (Å²) < 4.78 is 6.07. The number of carbonyl (C=O) groups is 1. The Labute approximate surface area is 171 Å². The van der Waals surface area contributed by atoms with E-state index in [2.05, 4.69) is 10.6 Å². The van der Waals surface area contributed by atoms with Gasteiger partial charge in [0.15, 0.2) is 0 Å². The van der Waals surface area contributed by atoms with Crippen molar-refractivity contribution in [3.63, 3.8) is 0 Å². The molecule has 0 spiro atoms. The zero-order valence-corrected chi connectivity index (χ0v) is 18.0. The van der Waals surface area contributed by atoms with Gasteiger partial charge < -0.3 is 20.3 Å². The number of aryl methyl sites for hydroxylation is 1. The zero-order valence-electron chi connectivity index (χ0n) is 18.0. The second-order valence-electron chi connectivity index (χ2n) is 8.08. The number of benzene rings is 1. The average molecular weight is 390 g/mol. The summed E-state index contributed by atoms with van der Waals surface area (Å²) >= 11 is 0. The largest absolute Gasteiger partial charge is 0.378 e. The van der Waals surface area contributed by atoms with E-state index in [1.54, 1.807) is 0 Å². The Morgan fingerprint density at radius 2 is 1.68 bits per heavy atom. The third kappa shape index (κ3) is 8.19. The lowest BCUT2D eigenvalue weighted by molar-refractivity contribution is 0.0131. The molecule has 0 radical (unpaired) electrons. The second kappa shape index (κ2) is 12.8. The molecule has 2 N–H and O–H groups in total. The van der Waals surface area contributed by atoms with Crippen LogP contribution in [0.25, 0.3) is 0 Å². The molecule has 5 heteroatoms. The maximum Gasteiger partial charge on any atom is 0.321 e. The van der Waals surface area contributed by atoms with Crippen molar-refractivity contribution in [2.45, 2.75) is 76.9 Å². The fourth-order valence-corrected chi connectivity index (χ4v) is 3.80. The van der Waals surface area contributed by atoms with Crippen LogP contribution < -0.4 is 10.6 Å². The van der Waals surface area contributed by atoms with Crippen molar-refractivity contribution in [1.29, 1.82) is 0 Å². The number of unbranched alkanes of at least 4 members (excludes halogenated alkanes) is 4. The highest BCUT2D eigenvalue weighted by Gasteiger charge is 2.26. The van der Waals surface area contributed by atoms with E-state index in [0.717, 1.165) is 44.5 Å². The molecule has 1 fully saturated rings. The molecule has 28 heavy (non-hydrogen) atoms. The van der Waals surface area contributed by atoms with Gasteiger partial charge in [-0.1, -0.05) is 37.0 Å². The van der Waals surface area contributed by atoms with Crippen LogP contribution >= 0.6 is 0 Å². The van der Waals surface area contributed by atoms with Gasteiger partial charge in [-0.25, -0.2) is 4.79 Å². The molecule has 0 unspecified atom stereocenters. The van der Waals surface area contributed by atoms with E-state index in [4.69, 9.17) is 4.74 Å². The first-order chi connectivity index (χ1) is 13.6. The van der Waals surface area contributed by atoms with Crippen LogP contribution in [0.2, 0.25) is 0 Å². The average Bonchev–Trinajstić information content (AvgIpc) is 2.71. The lowest BCUT2D eigenvalue weighted by Crippen LogP contribution is -2.42. The Balaban J connectivity index is 1.58. The first kappa shape index (κ1) is 22.7. The van der Waals surface area contributed by atoms with E-state index < -0.39 is 0 Å². The molecule has 0 bridgehead atoms. The molecule has 0 atom stereocenters. The van der Waals surface area contributed by atoms with E-state index in [1.165, 1.54) is 37.7 Å². The number of urea groups is 1. The van der Waals surface area contributed by atoms with Crippen molar-refractivity contribution in [2.24, 2.45) is 0 Å². The van der Waals surface area contributed by atoms with Gasteiger partial charge in [0.1, 0.15) is 0 Å². The molecular formula is C23H39N3O2. The van der Waals surface area contributed by atoms with Crippen molar-refractivity contribution in [1.82, 2.24) is 10.2 Å². The molecule has 2 rings (SSSR count). The number of anilines is 1. The fourth-order valence-electron chi connectivity index (χ4n) is 3.80. The number of nitrogens with one attached hydrogen (secondary N) is 2. The lowest BCUT2D eigenvalue weighted by atomic mass is 9.92. The molecule has 1 aliphatic rings. The van der Waals surface area contributed by atoms with Crippen LogP contribution in [-0.2, 0) is 4.74 Å². The highest BCUT2D eigenvalue weighted by atomic mass is 16.5. The number of amides is 2. The molecule has 0 aliphatic heterocycles. The molecule has 0 aromatic heterocycles. The SMILES string of the molecule is CNCCCCCCCOC1CCC(N(C)C(=O)Nc2ccc(C)cc2)CC1. The quantitative estimate of drug-likeness (QED) is 0.526. The minimum Gasteiger partial charge on any atom is -0.378 e. The van der Waals surface area contributed by atoms with Crippen LogP contribution in [0, 0.1) is 6.92 Å². The highest BCUT2D eigenvalue weighted by Crippen LogP contribution is 2.25. The zero-order chi connectivity index (χ0) is 20.2. The second-order valence-corrected chi connectivity index (χ2v) is 8.08. The van der Waals surface area contributed by atoms with Crippen molar-refractivity contribution in [2.75, 3.05) is 32.6 Å². The fraction of sp³-hybridized carbons (Fsp3) is 0.696. The van der Waals surface area contributed by atoms with Gasteiger partial charge in [-0.2, -0.15) is 0 Å². The third-order valence-corrected chi connectivity index (χ3v) is 5.74. The normalized spacial score (nSPS) is 19.4. The predicted molar refractivity (Wildman–Crippen MR) is 117 cm³/mol. The molecule has 1 saturated carbocycles. The molecular weight excluding hydrogens is 350 g/mol. The van der Waals surface area contributed by atoms with E-state index in [1.807, 2.05) is 50.2 Å². The molecule has 0 saturated heterocycles. The summed E-state index contributed by atoms with van der Waals surface area (Å²) in [6.07, 6.45) is 10.8. The molecule has 1 aromatic carbocycles. The van der Waals surface area contributed by atoms with Gasteiger partial charge in [-0.3, -0.25) is 0 Å². The number of carbonyl (C=O) groups excluding carboxylic acids is 1. The molecule has 2 amide bonds. The van der Waals surface area contributed by atoms with Gasteiger partial charge in [-0.05, 0) is 71.2 Å². The van der Waals surface area contributed by atoms with Crippen LogP contribution in [0.4, 0.5) is 10.5 Å². The first-order valence-corrected chi connectivity index (χ1v) is 11.0. The van der Waals surface area contributed by atoms with Crippen LogP contribution in [0.15, 0.2) is 24.3 Å². The first-order valence-electron chi connectivity index (χ1n) is 11.0. The Hall–Kier alpha value is -1.59. The monoisotopic (exact) mass is 389 g/mol. The summed E-state index contributed by atoms with van der Waals surface area (Å²) in [4.78, 5) is 14.4. The predicted octanol–water partition coefficient (Wildman–Crippen LogP) is 4.96. The van der Waals surface area contributed by atoms with Crippen LogP contribution in [0.3, 0.4) is 0 Å². The van der Waals surface area contributed by atoms with E-state index >= 15 is 0 Å². The number of hydrogen-bond donors (Lipinski definition) is 2. The number of nitrogens with zero attached hydrogens (tertiary/aromatic N) is 1. The van der Waals surface area contributed by atoms with Crippen molar-refractivity contribution in [3.8, 4) is 0 Å². The van der Waals surface area contributed by atoms with E-state index in [-0.39, 0.29) is 6.03 Å². The Morgan fingerprint density at radius 3 is 2.36 bits per heavy atom. The standard InChI is InChI=1S/C23H39N3O2/c1-19-9-11-20(12-10-19)25-23(27)26(3)21-13-15-22(16-14-21)28-18-8-6-4-5-7-17-24-2/h9-12,21-22,24H,4-8,13-18H2,1-3H3,(H,25,27). The van der Waals surface area contributed by atoms with E-state index in [9.17, 15) is 4.79 Å². The Kier molecular flexibility index (Phi) is 10.4. The van der Waals surface area contributed by atoms with Gasteiger partial charge in [-0.15, -0.1) is 0 Å². The minimum absolute atomic E-state index is 0.0218. The lowest BCUT2D eigenvalue weighted by Gasteiger charge is -2.34. The van der Waals surface area contributed by atoms with Gasteiger partial charge in [0.2, 0.25) is 0 Å². The van der Waals surface area contributed by atoms with Gasteiger partial charge >= 0.3 is 6.03 Å². The third-order valence-electron chi connectivity index (χ3n) is 5.74. The summed E-state index contributed by atoms with van der Waals surface area (Å²) in [6, 6.07) is 8.21. The number of ether oxygens (including phenoxy) is 1. The summed E-state index contributed by atoms with van der Waals surface area (Å²) in [5, 5.41) is 6.19. The van der Waals surface area contributed by atoms with Crippen molar-refractivity contribution < 1.29 is 9.53 Å². The Bertz CT molecular complexity index is 553. The molecule has 5 nitrogen and oxygen atoms in total. The summed E-state index contributed by atoms with van der Waals surface area (Å²) in [6.45, 7) is 4.05. The minimum atomic E-state index is -0.0218. The molecule has 1 aromatic rings. The maximum absolute atomic E-state index is 12.5. The van der Waals surface area contributed by atoms with E-state index in [0.29, 0.717) is 12.1 Å². The van der Waals surface area contributed by atoms with Crippen LogP contribution in [0.1, 0.15) is 63.4 Å². The summed E-state index contributed by atoms with van der Waals surface area (Å²) in [5.41, 5.74) is 2.05. The highest BCUT2D eigenvalue weighted by molar-refractivity contribution is 5.89. The molecule has 0 heterocycles. The van der Waals surface area contributed by atoms with Gasteiger partial charge in [0.25, 0.3) is 0 Å². The van der Waals surface area contributed by atoms with Gasteiger partial charge in [0.05, 0.1) is 6.10 Å². The van der Waals surface area contributed by atoms with Crippen LogP contribution in [-0.4, -0.2) is 50.3 Å². The van der Waals surface area contributed by atoms with Gasteiger partial charge in [0, 0.05) is 25.4 Å². The van der Waals surface area contributed by atoms with Crippen molar-refractivity contribution in [3.05, 3.63) is 29.8 Å². The number of hydrogen-bond acceptors (Lipinski definition) is 3.